The summed E-state index contributed by atoms with van der Waals surface area (Å²) in [5.41, 5.74) is 3.61. The van der Waals surface area contributed by atoms with E-state index in [9.17, 15) is 5.11 Å². The fourth-order valence-corrected chi connectivity index (χ4v) is 2.49. The maximum atomic E-state index is 9.52. The van der Waals surface area contributed by atoms with Gasteiger partial charge in [0.15, 0.2) is 11.5 Å². The molecule has 2 aromatic rings. The first-order valence-electron chi connectivity index (χ1n) is 6.40. The minimum atomic E-state index is 0.164. The zero-order valence-corrected chi connectivity index (χ0v) is 12.5. The van der Waals surface area contributed by atoms with E-state index in [1.165, 1.54) is 11.1 Å². The quantitative estimate of drug-likeness (QED) is 0.870. The Morgan fingerprint density at radius 3 is 2.60 bits per heavy atom. The lowest BCUT2D eigenvalue weighted by molar-refractivity contribution is 0.373. The Bertz CT molecular complexity index is 588. The molecule has 20 heavy (non-hydrogen) atoms. The maximum Gasteiger partial charge on any atom is 0.161 e. The van der Waals surface area contributed by atoms with E-state index < -0.39 is 0 Å². The number of aromatic hydroxyl groups is 1. The number of aryl methyl sites for hydroxylation is 1. The van der Waals surface area contributed by atoms with Crippen LogP contribution < -0.4 is 4.74 Å². The van der Waals surface area contributed by atoms with Crippen LogP contribution in [0.15, 0.2) is 47.9 Å². The summed E-state index contributed by atoms with van der Waals surface area (Å²) in [6.45, 7) is 2.09. The number of rotatable bonds is 5. The van der Waals surface area contributed by atoms with Gasteiger partial charge in [-0.15, -0.1) is 11.8 Å². The Morgan fingerprint density at radius 2 is 1.90 bits per heavy atom. The molecule has 104 valence electrons. The molecule has 0 amide bonds. The molecular formula is C17H18O2S. The summed E-state index contributed by atoms with van der Waals surface area (Å²) in [7, 11) is 1.55. The Balaban J connectivity index is 1.91. The smallest absolute Gasteiger partial charge is 0.161 e. The van der Waals surface area contributed by atoms with Gasteiger partial charge < -0.3 is 9.84 Å². The largest absolute Gasteiger partial charge is 0.504 e. The van der Waals surface area contributed by atoms with Crippen molar-refractivity contribution in [1.29, 1.82) is 0 Å². The fourth-order valence-electron chi connectivity index (χ4n) is 1.75. The number of methoxy groups -OCH3 is 1. The highest BCUT2D eigenvalue weighted by atomic mass is 32.2. The molecule has 0 aromatic heterocycles. The van der Waals surface area contributed by atoms with Gasteiger partial charge in [0.2, 0.25) is 0 Å². The van der Waals surface area contributed by atoms with Crippen molar-refractivity contribution in [2.24, 2.45) is 0 Å². The van der Waals surface area contributed by atoms with E-state index in [-0.39, 0.29) is 5.75 Å². The van der Waals surface area contributed by atoms with E-state index in [0.29, 0.717) is 5.75 Å². The van der Waals surface area contributed by atoms with Crippen molar-refractivity contribution >= 4 is 17.8 Å². The second-order valence-corrected chi connectivity index (χ2v) is 5.42. The van der Waals surface area contributed by atoms with Crippen molar-refractivity contribution in [3.8, 4) is 11.5 Å². The molecule has 0 radical (unpaired) electrons. The molecular weight excluding hydrogens is 268 g/mol. The third kappa shape index (κ3) is 4.07. The van der Waals surface area contributed by atoms with Crippen molar-refractivity contribution in [2.75, 3.05) is 7.11 Å². The minimum Gasteiger partial charge on any atom is -0.504 e. The second kappa shape index (κ2) is 7.06. The monoisotopic (exact) mass is 286 g/mol. The first-order chi connectivity index (χ1) is 9.69. The minimum absolute atomic E-state index is 0.164. The molecule has 0 aliphatic rings. The molecule has 0 bridgehead atoms. The van der Waals surface area contributed by atoms with E-state index in [4.69, 9.17) is 4.74 Å². The highest BCUT2D eigenvalue weighted by Crippen LogP contribution is 2.27. The Kier molecular flexibility index (Phi) is 5.13. The van der Waals surface area contributed by atoms with Crippen LogP contribution in [0.1, 0.15) is 16.7 Å². The highest BCUT2D eigenvalue weighted by molar-refractivity contribution is 8.01. The summed E-state index contributed by atoms with van der Waals surface area (Å²) >= 11 is 1.74. The third-order valence-electron chi connectivity index (χ3n) is 2.93. The Labute approximate surface area is 124 Å². The topological polar surface area (TPSA) is 29.5 Å². The number of benzene rings is 2. The van der Waals surface area contributed by atoms with Crippen LogP contribution in [0.2, 0.25) is 0 Å². The van der Waals surface area contributed by atoms with Crippen LogP contribution in [0.25, 0.3) is 6.08 Å². The predicted octanol–water partition coefficient (Wildman–Crippen LogP) is 4.61. The molecule has 0 aliphatic heterocycles. The summed E-state index contributed by atoms with van der Waals surface area (Å²) in [5, 5.41) is 11.6. The van der Waals surface area contributed by atoms with Crippen LogP contribution in [0.4, 0.5) is 0 Å². The first kappa shape index (κ1) is 14.5. The summed E-state index contributed by atoms with van der Waals surface area (Å²) < 4.78 is 5.08. The predicted molar refractivity (Wildman–Crippen MR) is 86.2 cm³/mol. The van der Waals surface area contributed by atoms with Crippen molar-refractivity contribution in [1.82, 2.24) is 0 Å². The van der Waals surface area contributed by atoms with Gasteiger partial charge >= 0.3 is 0 Å². The number of thioether (sulfide) groups is 1. The Hall–Kier alpha value is -1.87. The molecule has 1 N–H and O–H groups in total. The van der Waals surface area contributed by atoms with E-state index >= 15 is 0 Å². The fraction of sp³-hybridized carbons (Fsp3) is 0.176. The van der Waals surface area contributed by atoms with Gasteiger partial charge in [-0.2, -0.15) is 0 Å². The first-order valence-corrected chi connectivity index (χ1v) is 7.44. The molecule has 0 heterocycles. The van der Waals surface area contributed by atoms with Crippen LogP contribution >= 0.6 is 11.8 Å². The van der Waals surface area contributed by atoms with Crippen molar-refractivity contribution in [3.63, 3.8) is 0 Å². The zero-order valence-electron chi connectivity index (χ0n) is 11.7. The maximum absolute atomic E-state index is 9.52. The second-order valence-electron chi connectivity index (χ2n) is 4.53. The lowest BCUT2D eigenvalue weighted by Crippen LogP contribution is -1.84. The number of hydrogen-bond acceptors (Lipinski definition) is 3. The average Bonchev–Trinajstić information content (AvgIpc) is 2.47. The van der Waals surface area contributed by atoms with E-state index in [2.05, 4.69) is 36.6 Å². The molecule has 0 atom stereocenters. The lowest BCUT2D eigenvalue weighted by Gasteiger charge is -2.03. The number of phenolic OH excluding ortho intramolecular Hbond substituents is 1. The summed E-state index contributed by atoms with van der Waals surface area (Å²) in [5.74, 6) is 1.61. The summed E-state index contributed by atoms with van der Waals surface area (Å²) in [6.07, 6.45) is 2.01. The normalized spacial score (nSPS) is 10.9. The van der Waals surface area contributed by atoms with Crippen LogP contribution in [0.3, 0.4) is 0 Å². The van der Waals surface area contributed by atoms with Gasteiger partial charge in [0, 0.05) is 5.75 Å². The van der Waals surface area contributed by atoms with Crippen molar-refractivity contribution in [2.45, 2.75) is 12.7 Å². The molecule has 2 nitrogen and oxygen atoms in total. The number of hydrogen-bond donors (Lipinski definition) is 1. The van der Waals surface area contributed by atoms with Crippen LogP contribution in [0.5, 0.6) is 11.5 Å². The third-order valence-corrected chi connectivity index (χ3v) is 3.76. The van der Waals surface area contributed by atoms with E-state index in [1.54, 1.807) is 24.9 Å². The van der Waals surface area contributed by atoms with Gasteiger partial charge in [0.1, 0.15) is 0 Å². The molecule has 0 saturated carbocycles. The summed E-state index contributed by atoms with van der Waals surface area (Å²) in [6, 6.07) is 13.9. The van der Waals surface area contributed by atoms with Crippen molar-refractivity contribution in [3.05, 3.63) is 64.6 Å². The summed E-state index contributed by atoms with van der Waals surface area (Å²) in [4.78, 5) is 0. The van der Waals surface area contributed by atoms with Crippen LogP contribution in [-0.2, 0) is 5.75 Å². The molecule has 0 aliphatic carbocycles. The SMILES string of the molecule is COc1cc(/C=C\SCc2ccc(C)cc2)ccc1O. The highest BCUT2D eigenvalue weighted by Gasteiger charge is 2.00. The molecule has 0 spiro atoms. The van der Waals surface area contributed by atoms with Gasteiger partial charge in [-0.05, 0) is 41.7 Å². The van der Waals surface area contributed by atoms with Crippen LogP contribution in [0, 0.1) is 6.92 Å². The van der Waals surface area contributed by atoms with E-state index in [0.717, 1.165) is 11.3 Å². The molecule has 0 fully saturated rings. The van der Waals surface area contributed by atoms with Crippen LogP contribution in [-0.4, -0.2) is 12.2 Å². The molecule has 0 saturated heterocycles. The standard InChI is InChI=1S/C17H18O2S/c1-13-3-5-15(6-4-13)12-20-10-9-14-7-8-16(18)17(11-14)19-2/h3-11,18H,12H2,1-2H3/b10-9-. The van der Waals surface area contributed by atoms with Gasteiger partial charge in [0.05, 0.1) is 7.11 Å². The van der Waals surface area contributed by atoms with Gasteiger partial charge in [-0.1, -0.05) is 35.9 Å². The van der Waals surface area contributed by atoms with Gasteiger partial charge in [-0.25, -0.2) is 0 Å². The lowest BCUT2D eigenvalue weighted by atomic mass is 10.2. The Morgan fingerprint density at radius 1 is 1.15 bits per heavy atom. The number of phenols is 1. The molecule has 2 aromatic carbocycles. The van der Waals surface area contributed by atoms with Gasteiger partial charge in [-0.3, -0.25) is 0 Å². The molecule has 0 unspecified atom stereocenters. The van der Waals surface area contributed by atoms with Crippen molar-refractivity contribution < 1.29 is 9.84 Å². The van der Waals surface area contributed by atoms with E-state index in [1.807, 2.05) is 18.2 Å². The van der Waals surface area contributed by atoms with Gasteiger partial charge in [0.25, 0.3) is 0 Å². The molecule has 2 rings (SSSR count). The number of ether oxygens (including phenoxy) is 1. The zero-order chi connectivity index (χ0) is 14.4. The average molecular weight is 286 g/mol. The molecule has 3 heteroatoms.